The van der Waals surface area contributed by atoms with Crippen molar-refractivity contribution in [2.24, 2.45) is 0 Å². The van der Waals surface area contributed by atoms with Crippen molar-refractivity contribution in [2.75, 3.05) is 0 Å². The number of aromatic nitrogens is 3. The molecule has 2 heterocycles. The van der Waals surface area contributed by atoms with Gasteiger partial charge < -0.3 is 0 Å². The zero-order valence-electron chi connectivity index (χ0n) is 13.5. The molecule has 1 aromatic carbocycles. The largest absolute Gasteiger partial charge is 0.268 e. The first-order chi connectivity index (χ1) is 11.8. The van der Waals surface area contributed by atoms with Crippen LogP contribution < -0.4 is 0 Å². The third-order valence-corrected chi connectivity index (χ3v) is 4.79. The predicted octanol–water partition coefficient (Wildman–Crippen LogP) is 5.26. The molecule has 4 rings (SSSR count). The Balaban J connectivity index is 1.80. The van der Waals surface area contributed by atoms with Gasteiger partial charge in [0.05, 0.1) is 6.04 Å². The molecule has 3 aromatic rings. The zero-order chi connectivity index (χ0) is 16.4. The molecule has 0 aliphatic heterocycles. The van der Waals surface area contributed by atoms with Crippen molar-refractivity contribution < 1.29 is 4.39 Å². The van der Waals surface area contributed by atoms with Gasteiger partial charge in [0.2, 0.25) is 0 Å². The lowest BCUT2D eigenvalue weighted by Gasteiger charge is -2.21. The SMILES string of the molecule is Fc1ccc(-c2nn(C3CCCCC3)cc2-c2ccncc2)cc1. The van der Waals surface area contributed by atoms with E-state index in [4.69, 9.17) is 5.10 Å². The first-order valence-electron chi connectivity index (χ1n) is 8.57. The van der Waals surface area contributed by atoms with Crippen LogP contribution in [0, 0.1) is 5.82 Å². The fraction of sp³-hybridized carbons (Fsp3) is 0.300. The molecule has 3 nitrogen and oxygen atoms in total. The lowest BCUT2D eigenvalue weighted by molar-refractivity contribution is 0.330. The molecule has 0 amide bonds. The highest BCUT2D eigenvalue weighted by Gasteiger charge is 2.20. The fourth-order valence-corrected chi connectivity index (χ4v) is 3.49. The Morgan fingerprint density at radius 2 is 1.58 bits per heavy atom. The van der Waals surface area contributed by atoms with E-state index in [1.54, 1.807) is 24.5 Å². The summed E-state index contributed by atoms with van der Waals surface area (Å²) in [6, 6.07) is 11.0. The summed E-state index contributed by atoms with van der Waals surface area (Å²) in [5.41, 5.74) is 4.02. The molecule has 1 fully saturated rings. The first-order valence-corrected chi connectivity index (χ1v) is 8.57. The van der Waals surface area contributed by atoms with E-state index >= 15 is 0 Å². The highest BCUT2D eigenvalue weighted by molar-refractivity contribution is 5.80. The maximum Gasteiger partial charge on any atom is 0.123 e. The van der Waals surface area contributed by atoms with Crippen LogP contribution in [0.25, 0.3) is 22.4 Å². The van der Waals surface area contributed by atoms with Gasteiger partial charge in [-0.1, -0.05) is 19.3 Å². The average Bonchev–Trinajstić information content (AvgIpc) is 3.09. The highest BCUT2D eigenvalue weighted by atomic mass is 19.1. The minimum atomic E-state index is -0.226. The molecule has 4 heteroatoms. The molecule has 0 radical (unpaired) electrons. The first kappa shape index (κ1) is 15.1. The maximum atomic E-state index is 13.3. The Bertz CT molecular complexity index is 803. The van der Waals surface area contributed by atoms with Gasteiger partial charge >= 0.3 is 0 Å². The quantitative estimate of drug-likeness (QED) is 0.659. The van der Waals surface area contributed by atoms with Gasteiger partial charge in [0.1, 0.15) is 11.5 Å². The summed E-state index contributed by atoms with van der Waals surface area (Å²) in [6.07, 6.45) is 11.9. The topological polar surface area (TPSA) is 30.7 Å². The molecule has 0 atom stereocenters. The number of benzene rings is 1. The van der Waals surface area contributed by atoms with Crippen molar-refractivity contribution in [3.8, 4) is 22.4 Å². The van der Waals surface area contributed by atoms with Crippen molar-refractivity contribution in [3.05, 3.63) is 60.8 Å². The third kappa shape index (κ3) is 2.96. The van der Waals surface area contributed by atoms with Crippen LogP contribution in [0.4, 0.5) is 4.39 Å². The Morgan fingerprint density at radius 3 is 2.29 bits per heavy atom. The van der Waals surface area contributed by atoms with Gasteiger partial charge in [0.15, 0.2) is 0 Å². The van der Waals surface area contributed by atoms with Crippen LogP contribution >= 0.6 is 0 Å². The van der Waals surface area contributed by atoms with Gasteiger partial charge in [0, 0.05) is 29.7 Å². The van der Waals surface area contributed by atoms with Gasteiger partial charge in [-0.15, -0.1) is 0 Å². The molecule has 0 unspecified atom stereocenters. The summed E-state index contributed by atoms with van der Waals surface area (Å²) in [4.78, 5) is 4.10. The number of nitrogens with zero attached hydrogens (tertiary/aromatic N) is 3. The summed E-state index contributed by atoms with van der Waals surface area (Å²) >= 11 is 0. The second kappa shape index (κ2) is 6.56. The normalized spacial score (nSPS) is 15.5. The lowest BCUT2D eigenvalue weighted by atomic mass is 9.96. The van der Waals surface area contributed by atoms with E-state index in [1.807, 2.05) is 12.1 Å². The van der Waals surface area contributed by atoms with E-state index in [-0.39, 0.29) is 5.82 Å². The van der Waals surface area contributed by atoms with Gasteiger partial charge in [-0.05, 0) is 54.8 Å². The maximum absolute atomic E-state index is 13.3. The fourth-order valence-electron chi connectivity index (χ4n) is 3.49. The highest BCUT2D eigenvalue weighted by Crippen LogP contribution is 2.35. The molecule has 24 heavy (non-hydrogen) atoms. The van der Waals surface area contributed by atoms with Crippen LogP contribution in [-0.4, -0.2) is 14.8 Å². The third-order valence-electron chi connectivity index (χ3n) is 4.79. The molecule has 1 aliphatic rings. The minimum Gasteiger partial charge on any atom is -0.268 e. The Labute approximate surface area is 141 Å². The van der Waals surface area contributed by atoms with Crippen molar-refractivity contribution in [3.63, 3.8) is 0 Å². The number of hydrogen-bond donors (Lipinski definition) is 0. The van der Waals surface area contributed by atoms with E-state index in [1.165, 1.54) is 44.2 Å². The molecular weight excluding hydrogens is 301 g/mol. The molecule has 1 saturated carbocycles. The van der Waals surface area contributed by atoms with E-state index in [9.17, 15) is 4.39 Å². The van der Waals surface area contributed by atoms with E-state index in [2.05, 4.69) is 15.9 Å². The molecule has 122 valence electrons. The Hall–Kier alpha value is -2.49. The van der Waals surface area contributed by atoms with Crippen LogP contribution in [0.2, 0.25) is 0 Å². The summed E-state index contributed by atoms with van der Waals surface area (Å²) in [6.45, 7) is 0. The Morgan fingerprint density at radius 1 is 0.875 bits per heavy atom. The number of rotatable bonds is 3. The van der Waals surface area contributed by atoms with Gasteiger partial charge in [0.25, 0.3) is 0 Å². The van der Waals surface area contributed by atoms with E-state index < -0.39 is 0 Å². The molecule has 0 saturated heterocycles. The monoisotopic (exact) mass is 321 g/mol. The van der Waals surface area contributed by atoms with Crippen molar-refractivity contribution in [2.45, 2.75) is 38.1 Å². The van der Waals surface area contributed by atoms with Crippen LogP contribution in [0.1, 0.15) is 38.1 Å². The summed E-state index contributed by atoms with van der Waals surface area (Å²) < 4.78 is 15.4. The summed E-state index contributed by atoms with van der Waals surface area (Å²) in [5.74, 6) is -0.226. The van der Waals surface area contributed by atoms with Crippen LogP contribution in [0.15, 0.2) is 55.0 Å². The second-order valence-electron chi connectivity index (χ2n) is 6.41. The van der Waals surface area contributed by atoms with E-state index in [0.717, 1.165) is 22.4 Å². The molecule has 0 spiro atoms. The Kier molecular flexibility index (Phi) is 4.11. The minimum absolute atomic E-state index is 0.226. The van der Waals surface area contributed by atoms with Crippen molar-refractivity contribution >= 4 is 0 Å². The van der Waals surface area contributed by atoms with Crippen LogP contribution in [0.3, 0.4) is 0 Å². The molecular formula is C20H20FN3. The smallest absolute Gasteiger partial charge is 0.123 e. The van der Waals surface area contributed by atoms with E-state index in [0.29, 0.717) is 6.04 Å². The summed E-state index contributed by atoms with van der Waals surface area (Å²) in [7, 11) is 0. The lowest BCUT2D eigenvalue weighted by Crippen LogP contribution is -2.13. The van der Waals surface area contributed by atoms with Crippen LogP contribution in [-0.2, 0) is 0 Å². The molecule has 0 N–H and O–H groups in total. The summed E-state index contributed by atoms with van der Waals surface area (Å²) in [5, 5.41) is 4.88. The second-order valence-corrected chi connectivity index (χ2v) is 6.41. The van der Waals surface area contributed by atoms with Crippen LogP contribution in [0.5, 0.6) is 0 Å². The number of halogens is 1. The molecule has 1 aliphatic carbocycles. The van der Waals surface area contributed by atoms with Crippen molar-refractivity contribution in [1.82, 2.24) is 14.8 Å². The number of hydrogen-bond acceptors (Lipinski definition) is 2. The van der Waals surface area contributed by atoms with Gasteiger partial charge in [-0.3, -0.25) is 9.67 Å². The average molecular weight is 321 g/mol. The molecule has 0 bridgehead atoms. The standard InChI is InChI=1S/C20H20FN3/c21-17-8-6-16(7-9-17)20-19(15-10-12-22-13-11-15)14-24(23-20)18-4-2-1-3-5-18/h6-14,18H,1-5H2. The van der Waals surface area contributed by atoms with Crippen molar-refractivity contribution in [1.29, 1.82) is 0 Å². The predicted molar refractivity (Wildman–Crippen MR) is 93.0 cm³/mol. The zero-order valence-corrected chi connectivity index (χ0v) is 13.5. The molecule has 2 aromatic heterocycles. The van der Waals surface area contributed by atoms with Gasteiger partial charge in [-0.25, -0.2) is 4.39 Å². The number of pyridine rings is 1. The van der Waals surface area contributed by atoms with Gasteiger partial charge in [-0.2, -0.15) is 5.10 Å².